The van der Waals surface area contributed by atoms with Gasteiger partial charge in [-0.05, 0) is 30.7 Å². The molecule has 0 aliphatic heterocycles. The summed E-state index contributed by atoms with van der Waals surface area (Å²) in [5.41, 5.74) is 0.345. The first kappa shape index (κ1) is 15.7. The molecule has 0 aliphatic carbocycles. The van der Waals surface area contributed by atoms with Gasteiger partial charge in [-0.1, -0.05) is 11.6 Å². The number of hydrogen-bond donors (Lipinski definition) is 1. The van der Waals surface area contributed by atoms with Crippen LogP contribution in [-0.2, 0) is 0 Å². The Morgan fingerprint density at radius 1 is 1.26 bits per heavy atom. The summed E-state index contributed by atoms with van der Waals surface area (Å²) in [6, 6.07) is 5.69. The van der Waals surface area contributed by atoms with Crippen LogP contribution in [0.15, 0.2) is 28.7 Å². The van der Waals surface area contributed by atoms with E-state index in [-0.39, 0.29) is 22.2 Å². The number of ether oxygens (including phenoxy) is 1. The monoisotopic (exact) mass is 339 g/mol. The molecule has 7 heteroatoms. The minimum atomic E-state index is -1.64. The molecule has 4 nitrogen and oxygen atoms in total. The predicted molar refractivity (Wildman–Crippen MR) is 80.7 cm³/mol. The maximum absolute atomic E-state index is 14.4. The number of nitrogens with zero attached hydrogens (tertiary/aromatic N) is 1. The zero-order chi connectivity index (χ0) is 16.7. The lowest BCUT2D eigenvalue weighted by molar-refractivity contribution is 0.180. The van der Waals surface area contributed by atoms with E-state index in [4.69, 9.17) is 20.8 Å². The molecule has 2 heterocycles. The number of halogens is 3. The van der Waals surface area contributed by atoms with Crippen LogP contribution >= 0.6 is 11.6 Å². The Morgan fingerprint density at radius 2 is 2.00 bits per heavy atom. The minimum Gasteiger partial charge on any atom is -0.494 e. The summed E-state index contributed by atoms with van der Waals surface area (Å²) in [5, 5.41) is 10.6. The van der Waals surface area contributed by atoms with Gasteiger partial charge in [0.1, 0.15) is 28.4 Å². The summed E-state index contributed by atoms with van der Waals surface area (Å²) < 4.78 is 39.0. The third-order valence-corrected chi connectivity index (χ3v) is 3.72. The third kappa shape index (κ3) is 2.64. The normalized spacial score (nSPS) is 12.6. The largest absolute Gasteiger partial charge is 0.494 e. The molecule has 23 heavy (non-hydrogen) atoms. The molecule has 0 radical (unpaired) electrons. The van der Waals surface area contributed by atoms with Crippen molar-refractivity contribution in [2.45, 2.75) is 13.0 Å². The lowest BCUT2D eigenvalue weighted by atomic mass is 10.0. The molecule has 1 atom stereocenters. The molecule has 1 N–H and O–H groups in total. The van der Waals surface area contributed by atoms with E-state index in [1.807, 2.05) is 0 Å². The highest BCUT2D eigenvalue weighted by Crippen LogP contribution is 2.35. The zero-order valence-corrected chi connectivity index (χ0v) is 13.0. The molecule has 0 saturated heterocycles. The van der Waals surface area contributed by atoms with Crippen LogP contribution in [0.25, 0.3) is 11.1 Å². The fourth-order valence-corrected chi connectivity index (χ4v) is 2.50. The molecule has 0 bridgehead atoms. The summed E-state index contributed by atoms with van der Waals surface area (Å²) in [4.78, 5) is 4.02. The summed E-state index contributed by atoms with van der Waals surface area (Å²) in [7, 11) is 1.26. The number of methoxy groups -OCH3 is 1. The van der Waals surface area contributed by atoms with Gasteiger partial charge in [0.25, 0.3) is 0 Å². The first-order chi connectivity index (χ1) is 10.9. The molecule has 3 rings (SSSR count). The molecule has 1 aromatic carbocycles. The Balaban J connectivity index is 2.15. The summed E-state index contributed by atoms with van der Waals surface area (Å²) in [6.07, 6.45) is -1.64. The third-order valence-electron chi connectivity index (χ3n) is 3.50. The smallest absolute Gasteiger partial charge is 0.174 e. The van der Waals surface area contributed by atoms with Crippen molar-refractivity contribution in [2.24, 2.45) is 0 Å². The van der Waals surface area contributed by atoms with Gasteiger partial charge in [-0.2, -0.15) is 0 Å². The van der Waals surface area contributed by atoms with Gasteiger partial charge in [0.2, 0.25) is 0 Å². The standard InChI is InChI=1S/C16H12ClF2NO3/c1-7-5-10(22-2)15(19)13(14(7)18)16(21)11-6-8-9(23-11)3-4-12(17)20-8/h3-6,16,21H,1-2H3. The van der Waals surface area contributed by atoms with Gasteiger partial charge < -0.3 is 14.3 Å². The van der Waals surface area contributed by atoms with Crippen LogP contribution in [0.1, 0.15) is 23.0 Å². The Morgan fingerprint density at radius 3 is 2.70 bits per heavy atom. The first-order valence-electron chi connectivity index (χ1n) is 6.69. The minimum absolute atomic E-state index is 0.0415. The van der Waals surface area contributed by atoms with E-state index in [0.717, 1.165) is 0 Å². The van der Waals surface area contributed by atoms with Gasteiger partial charge in [0.05, 0.1) is 12.7 Å². The molecule has 2 aromatic heterocycles. The fourth-order valence-electron chi connectivity index (χ4n) is 2.35. The maximum Gasteiger partial charge on any atom is 0.174 e. The Kier molecular flexibility index (Phi) is 3.95. The lowest BCUT2D eigenvalue weighted by Gasteiger charge is -2.14. The molecule has 0 aliphatic rings. The van der Waals surface area contributed by atoms with Gasteiger partial charge in [-0.15, -0.1) is 0 Å². The first-order valence-corrected chi connectivity index (χ1v) is 7.06. The van der Waals surface area contributed by atoms with Crippen LogP contribution in [0.5, 0.6) is 5.75 Å². The van der Waals surface area contributed by atoms with Crippen LogP contribution in [0.4, 0.5) is 8.78 Å². The summed E-state index contributed by atoms with van der Waals surface area (Å²) in [5.74, 6) is -2.03. The highest BCUT2D eigenvalue weighted by molar-refractivity contribution is 6.29. The number of benzene rings is 1. The van der Waals surface area contributed by atoms with E-state index in [2.05, 4.69) is 4.98 Å². The lowest BCUT2D eigenvalue weighted by Crippen LogP contribution is -2.08. The van der Waals surface area contributed by atoms with Gasteiger partial charge in [-0.3, -0.25) is 0 Å². The number of aliphatic hydroxyl groups excluding tert-OH is 1. The molecule has 0 fully saturated rings. The molecule has 0 spiro atoms. The van der Waals surface area contributed by atoms with Crippen LogP contribution < -0.4 is 4.74 Å². The molecule has 120 valence electrons. The molecule has 0 saturated carbocycles. The number of aryl methyl sites for hydroxylation is 1. The van der Waals surface area contributed by atoms with E-state index in [9.17, 15) is 13.9 Å². The van der Waals surface area contributed by atoms with Gasteiger partial charge in [-0.25, -0.2) is 13.8 Å². The van der Waals surface area contributed by atoms with Crippen LogP contribution in [-0.4, -0.2) is 17.2 Å². The zero-order valence-electron chi connectivity index (χ0n) is 12.2. The predicted octanol–water partition coefficient (Wildman–Crippen LogP) is 4.16. The van der Waals surface area contributed by atoms with Gasteiger partial charge in [0.15, 0.2) is 17.1 Å². The molecule has 0 amide bonds. The van der Waals surface area contributed by atoms with Crippen molar-refractivity contribution >= 4 is 22.7 Å². The van der Waals surface area contributed by atoms with Crippen molar-refractivity contribution in [3.63, 3.8) is 0 Å². The average Bonchev–Trinajstić information content (AvgIpc) is 2.94. The Hall–Kier alpha value is -2.18. The van der Waals surface area contributed by atoms with E-state index in [1.165, 1.54) is 32.2 Å². The SMILES string of the molecule is COc1cc(C)c(F)c(C(O)c2cc3nc(Cl)ccc3o2)c1F. The van der Waals surface area contributed by atoms with Crippen molar-refractivity contribution in [1.82, 2.24) is 4.98 Å². The average molecular weight is 340 g/mol. The number of pyridine rings is 1. The molecular formula is C16H12ClF2NO3. The van der Waals surface area contributed by atoms with E-state index in [0.29, 0.717) is 11.1 Å². The molecule has 1 unspecified atom stereocenters. The number of hydrogen-bond acceptors (Lipinski definition) is 4. The second-order valence-corrected chi connectivity index (χ2v) is 5.39. The quantitative estimate of drug-likeness (QED) is 0.728. The van der Waals surface area contributed by atoms with Crippen molar-refractivity contribution in [3.8, 4) is 5.75 Å². The van der Waals surface area contributed by atoms with Crippen LogP contribution in [0.2, 0.25) is 5.15 Å². The number of aromatic nitrogens is 1. The fraction of sp³-hybridized carbons (Fsp3) is 0.188. The second kappa shape index (κ2) is 5.79. The number of aliphatic hydroxyl groups is 1. The Bertz CT molecular complexity index is 895. The van der Waals surface area contributed by atoms with Gasteiger partial charge in [0, 0.05) is 6.07 Å². The summed E-state index contributed by atoms with van der Waals surface area (Å²) >= 11 is 5.78. The van der Waals surface area contributed by atoms with Crippen molar-refractivity contribution in [3.05, 3.63) is 57.9 Å². The molecule has 3 aromatic rings. The van der Waals surface area contributed by atoms with Crippen molar-refractivity contribution in [2.75, 3.05) is 7.11 Å². The van der Waals surface area contributed by atoms with Crippen molar-refractivity contribution < 1.29 is 23.0 Å². The summed E-state index contributed by atoms with van der Waals surface area (Å²) in [6.45, 7) is 1.45. The highest BCUT2D eigenvalue weighted by atomic mass is 35.5. The highest BCUT2D eigenvalue weighted by Gasteiger charge is 2.27. The van der Waals surface area contributed by atoms with Crippen LogP contribution in [0, 0.1) is 18.6 Å². The molecular weight excluding hydrogens is 328 g/mol. The number of fused-ring (bicyclic) bond motifs is 1. The Labute approximate surface area is 135 Å². The maximum atomic E-state index is 14.4. The van der Waals surface area contributed by atoms with Crippen LogP contribution in [0.3, 0.4) is 0 Å². The topological polar surface area (TPSA) is 55.5 Å². The number of rotatable bonds is 3. The van der Waals surface area contributed by atoms with E-state index >= 15 is 0 Å². The van der Waals surface area contributed by atoms with E-state index in [1.54, 1.807) is 6.07 Å². The second-order valence-electron chi connectivity index (χ2n) is 5.01. The van der Waals surface area contributed by atoms with E-state index < -0.39 is 23.3 Å². The van der Waals surface area contributed by atoms with Gasteiger partial charge >= 0.3 is 0 Å². The van der Waals surface area contributed by atoms with Crippen molar-refractivity contribution in [1.29, 1.82) is 0 Å². The number of furan rings is 1.